The van der Waals surface area contributed by atoms with Gasteiger partial charge in [-0.25, -0.2) is 9.97 Å². The summed E-state index contributed by atoms with van der Waals surface area (Å²) in [5, 5.41) is 1.01. The number of nitrogen functional groups attached to an aromatic ring is 1. The van der Waals surface area contributed by atoms with Gasteiger partial charge in [0.2, 0.25) is 0 Å². The summed E-state index contributed by atoms with van der Waals surface area (Å²) in [5.74, 6) is 0.587. The van der Waals surface area contributed by atoms with Crippen LogP contribution in [-0.4, -0.2) is 38.6 Å². The van der Waals surface area contributed by atoms with E-state index >= 15 is 0 Å². The van der Waals surface area contributed by atoms with Crippen LogP contribution in [0.5, 0.6) is 0 Å². The zero-order valence-electron chi connectivity index (χ0n) is 12.6. The maximum Gasteiger partial charge on any atom is 0.145 e. The van der Waals surface area contributed by atoms with Crippen molar-refractivity contribution in [3.63, 3.8) is 0 Å². The fourth-order valence-electron chi connectivity index (χ4n) is 3.04. The van der Waals surface area contributed by atoms with Gasteiger partial charge in [0.25, 0.3) is 0 Å². The number of hydrogen-bond donors (Lipinski definition) is 1. The number of aryl methyl sites for hydroxylation is 1. The second-order valence-corrected chi connectivity index (χ2v) is 5.68. The highest BCUT2D eigenvalue weighted by molar-refractivity contribution is 5.90. The van der Waals surface area contributed by atoms with Crippen molar-refractivity contribution in [2.24, 2.45) is 0 Å². The molecule has 5 nitrogen and oxygen atoms in total. The minimum atomic E-state index is 0.587. The summed E-state index contributed by atoms with van der Waals surface area (Å²) in [6, 6.07) is 0.808. The Morgan fingerprint density at radius 2 is 2.10 bits per heavy atom. The lowest BCUT2D eigenvalue weighted by molar-refractivity contribution is 0.266. The summed E-state index contributed by atoms with van der Waals surface area (Å²) in [7, 11) is 0. The molecule has 0 saturated heterocycles. The van der Waals surface area contributed by atoms with Crippen LogP contribution >= 0.6 is 0 Å². The number of nitrogens with zero attached hydrogens (tertiary/aromatic N) is 4. The van der Waals surface area contributed by atoms with Crippen LogP contribution in [0, 0.1) is 13.8 Å². The molecular formula is C15H23N5. The molecule has 0 unspecified atom stereocenters. The molecule has 2 aromatic heterocycles. The molecule has 2 N–H and O–H groups in total. The van der Waals surface area contributed by atoms with E-state index in [2.05, 4.69) is 40.2 Å². The van der Waals surface area contributed by atoms with Crippen molar-refractivity contribution in [1.82, 2.24) is 19.4 Å². The molecule has 0 aliphatic heterocycles. The number of rotatable bonds is 5. The predicted molar refractivity (Wildman–Crippen MR) is 81.7 cm³/mol. The van der Waals surface area contributed by atoms with Gasteiger partial charge in [0, 0.05) is 24.8 Å². The summed E-state index contributed by atoms with van der Waals surface area (Å²) < 4.78 is 2.29. The fraction of sp³-hybridized carbons (Fsp3) is 0.600. The maximum absolute atomic E-state index is 6.00. The van der Waals surface area contributed by atoms with Crippen LogP contribution in [-0.2, 0) is 6.54 Å². The van der Waals surface area contributed by atoms with Gasteiger partial charge in [0.05, 0.1) is 5.39 Å². The van der Waals surface area contributed by atoms with Crippen molar-refractivity contribution >= 4 is 16.9 Å². The Labute approximate surface area is 119 Å². The molecule has 2 heterocycles. The molecule has 20 heavy (non-hydrogen) atoms. The molecule has 0 bridgehead atoms. The van der Waals surface area contributed by atoms with Crippen LogP contribution < -0.4 is 5.73 Å². The molecule has 0 atom stereocenters. The first-order valence-corrected chi connectivity index (χ1v) is 7.43. The molecule has 0 radical (unpaired) electrons. The normalized spacial score (nSPS) is 15.4. The minimum absolute atomic E-state index is 0.587. The highest BCUT2D eigenvalue weighted by Gasteiger charge is 2.27. The second-order valence-electron chi connectivity index (χ2n) is 5.68. The summed E-state index contributed by atoms with van der Waals surface area (Å²) in [5.41, 5.74) is 9.43. The summed E-state index contributed by atoms with van der Waals surface area (Å²) in [6.45, 7) is 9.66. The van der Waals surface area contributed by atoms with Gasteiger partial charge in [-0.05, 0) is 38.8 Å². The molecule has 108 valence electrons. The summed E-state index contributed by atoms with van der Waals surface area (Å²) in [4.78, 5) is 11.1. The molecule has 0 aromatic carbocycles. The number of hydrogen-bond acceptors (Lipinski definition) is 4. The molecule has 1 aliphatic rings. The second kappa shape index (κ2) is 5.05. The van der Waals surface area contributed by atoms with Gasteiger partial charge in [-0.3, -0.25) is 4.90 Å². The Morgan fingerprint density at radius 3 is 2.75 bits per heavy atom. The zero-order chi connectivity index (χ0) is 14.3. The van der Waals surface area contributed by atoms with Gasteiger partial charge in [0.1, 0.15) is 17.8 Å². The van der Waals surface area contributed by atoms with Crippen LogP contribution in [0.1, 0.15) is 31.0 Å². The first kappa shape index (κ1) is 13.4. The van der Waals surface area contributed by atoms with E-state index in [0.29, 0.717) is 5.82 Å². The van der Waals surface area contributed by atoms with E-state index in [4.69, 9.17) is 5.73 Å². The molecule has 1 saturated carbocycles. The van der Waals surface area contributed by atoms with Crippen LogP contribution in [0.2, 0.25) is 0 Å². The van der Waals surface area contributed by atoms with E-state index in [1.54, 1.807) is 6.33 Å². The Morgan fingerprint density at radius 1 is 1.35 bits per heavy atom. The summed E-state index contributed by atoms with van der Waals surface area (Å²) >= 11 is 0. The lowest BCUT2D eigenvalue weighted by Gasteiger charge is -2.20. The van der Waals surface area contributed by atoms with Crippen LogP contribution in [0.3, 0.4) is 0 Å². The van der Waals surface area contributed by atoms with Crippen molar-refractivity contribution < 1.29 is 0 Å². The Kier molecular flexibility index (Phi) is 3.38. The first-order chi connectivity index (χ1) is 9.63. The van der Waals surface area contributed by atoms with Crippen LogP contribution in [0.25, 0.3) is 11.0 Å². The Balaban J connectivity index is 1.91. The third-order valence-electron chi connectivity index (χ3n) is 4.52. The Bertz CT molecular complexity index is 627. The molecule has 1 fully saturated rings. The van der Waals surface area contributed by atoms with Crippen LogP contribution in [0.4, 0.5) is 5.82 Å². The molecule has 1 aliphatic carbocycles. The third kappa shape index (κ3) is 2.16. The van der Waals surface area contributed by atoms with Crippen molar-refractivity contribution in [3.8, 4) is 0 Å². The van der Waals surface area contributed by atoms with E-state index < -0.39 is 0 Å². The van der Waals surface area contributed by atoms with Gasteiger partial charge in [0.15, 0.2) is 0 Å². The molecule has 3 rings (SSSR count). The number of anilines is 1. The zero-order valence-corrected chi connectivity index (χ0v) is 12.6. The molecule has 5 heteroatoms. The number of fused-ring (bicyclic) bond motifs is 1. The highest BCUT2D eigenvalue weighted by atomic mass is 15.2. The third-order valence-corrected chi connectivity index (χ3v) is 4.52. The lowest BCUT2D eigenvalue weighted by Crippen LogP contribution is -2.29. The van der Waals surface area contributed by atoms with Gasteiger partial charge in [-0.1, -0.05) is 6.92 Å². The molecule has 0 amide bonds. The minimum Gasteiger partial charge on any atom is -0.383 e. The van der Waals surface area contributed by atoms with Gasteiger partial charge in [-0.2, -0.15) is 0 Å². The average molecular weight is 273 g/mol. The monoisotopic (exact) mass is 273 g/mol. The quantitative estimate of drug-likeness (QED) is 0.906. The van der Waals surface area contributed by atoms with Crippen molar-refractivity contribution in [2.75, 3.05) is 18.8 Å². The highest BCUT2D eigenvalue weighted by Crippen LogP contribution is 2.29. The number of likely N-dealkylation sites (N-methyl/N-ethyl adjacent to an activating group) is 1. The van der Waals surface area contributed by atoms with Crippen LogP contribution in [0.15, 0.2) is 6.33 Å². The van der Waals surface area contributed by atoms with Crippen molar-refractivity contribution in [2.45, 2.75) is 46.2 Å². The lowest BCUT2D eigenvalue weighted by atomic mass is 10.2. The SMILES string of the molecule is CCN(CCn1c(C)c(C)c2c(N)ncnc21)C1CC1. The van der Waals surface area contributed by atoms with Crippen molar-refractivity contribution in [1.29, 1.82) is 0 Å². The van der Waals surface area contributed by atoms with Crippen molar-refractivity contribution in [3.05, 3.63) is 17.6 Å². The topological polar surface area (TPSA) is 60.0 Å². The van der Waals surface area contributed by atoms with E-state index in [1.165, 1.54) is 24.1 Å². The fourth-order valence-corrected chi connectivity index (χ4v) is 3.04. The summed E-state index contributed by atoms with van der Waals surface area (Å²) in [6.07, 6.45) is 4.27. The molecule has 0 spiro atoms. The van der Waals surface area contributed by atoms with E-state index in [9.17, 15) is 0 Å². The predicted octanol–water partition coefficient (Wildman–Crippen LogP) is 2.11. The number of aromatic nitrogens is 3. The molecule has 2 aromatic rings. The van der Waals surface area contributed by atoms with E-state index in [0.717, 1.165) is 36.7 Å². The Hall–Kier alpha value is -1.62. The number of nitrogens with two attached hydrogens (primary N) is 1. The largest absolute Gasteiger partial charge is 0.383 e. The maximum atomic E-state index is 6.00. The average Bonchev–Trinajstić information content (AvgIpc) is 3.23. The van der Waals surface area contributed by atoms with Gasteiger partial charge in [-0.15, -0.1) is 0 Å². The van der Waals surface area contributed by atoms with Gasteiger partial charge < -0.3 is 10.3 Å². The smallest absolute Gasteiger partial charge is 0.145 e. The van der Waals surface area contributed by atoms with Gasteiger partial charge >= 0.3 is 0 Å². The van der Waals surface area contributed by atoms with E-state index in [-0.39, 0.29) is 0 Å². The standard InChI is InChI=1S/C15H23N5/c1-4-19(12-5-6-12)7-8-20-11(3)10(2)13-14(16)17-9-18-15(13)20/h9,12H,4-8H2,1-3H3,(H2,16,17,18). The van der Waals surface area contributed by atoms with E-state index in [1.807, 2.05) is 0 Å². The first-order valence-electron chi connectivity index (χ1n) is 7.43. The molecular weight excluding hydrogens is 250 g/mol.